The molecule has 2 aliphatic rings. The summed E-state index contributed by atoms with van der Waals surface area (Å²) in [7, 11) is 0. The van der Waals surface area contributed by atoms with Crippen molar-refractivity contribution >= 4 is 17.7 Å². The molecule has 3 rings (SSSR count). The van der Waals surface area contributed by atoms with Gasteiger partial charge >= 0.3 is 0 Å². The Morgan fingerprint density at radius 2 is 2.14 bits per heavy atom. The van der Waals surface area contributed by atoms with Crippen LogP contribution in [0.3, 0.4) is 0 Å². The second kappa shape index (κ2) is 6.41. The van der Waals surface area contributed by atoms with Gasteiger partial charge in [0.25, 0.3) is 0 Å². The first-order chi connectivity index (χ1) is 10.1. The van der Waals surface area contributed by atoms with E-state index < -0.39 is 0 Å². The minimum Gasteiger partial charge on any atom is -0.341 e. The van der Waals surface area contributed by atoms with Crippen molar-refractivity contribution in [1.82, 2.24) is 10.2 Å². The second-order valence-electron chi connectivity index (χ2n) is 6.32. The van der Waals surface area contributed by atoms with Crippen molar-refractivity contribution in [2.24, 2.45) is 5.92 Å². The SMILES string of the molecule is CC(C)C(=O)N1CC[C@@H](N[C@@H]2CCSc3ccccc32)C1. The number of likely N-dealkylation sites (tertiary alicyclic amines) is 1. The second-order valence-corrected chi connectivity index (χ2v) is 7.46. The molecule has 1 fully saturated rings. The molecule has 0 aromatic heterocycles. The van der Waals surface area contributed by atoms with Crippen LogP contribution in [0.25, 0.3) is 0 Å². The largest absolute Gasteiger partial charge is 0.341 e. The zero-order chi connectivity index (χ0) is 14.8. The summed E-state index contributed by atoms with van der Waals surface area (Å²) in [5.74, 6) is 1.57. The Bertz CT molecular complexity index is 517. The normalized spacial score (nSPS) is 25.2. The van der Waals surface area contributed by atoms with E-state index in [2.05, 4.69) is 29.6 Å². The molecule has 21 heavy (non-hydrogen) atoms. The molecule has 1 aromatic rings. The highest BCUT2D eigenvalue weighted by atomic mass is 32.2. The number of amides is 1. The van der Waals surface area contributed by atoms with Crippen molar-refractivity contribution in [2.75, 3.05) is 18.8 Å². The summed E-state index contributed by atoms with van der Waals surface area (Å²) in [4.78, 5) is 15.5. The van der Waals surface area contributed by atoms with E-state index in [0.717, 1.165) is 19.5 Å². The average molecular weight is 304 g/mol. The van der Waals surface area contributed by atoms with Crippen molar-refractivity contribution in [3.63, 3.8) is 0 Å². The Balaban J connectivity index is 1.63. The van der Waals surface area contributed by atoms with Gasteiger partial charge in [0.15, 0.2) is 0 Å². The van der Waals surface area contributed by atoms with Gasteiger partial charge < -0.3 is 10.2 Å². The number of fused-ring (bicyclic) bond motifs is 1. The summed E-state index contributed by atoms with van der Waals surface area (Å²) in [5, 5.41) is 3.79. The van der Waals surface area contributed by atoms with Crippen LogP contribution < -0.4 is 5.32 Å². The van der Waals surface area contributed by atoms with E-state index in [0.29, 0.717) is 18.0 Å². The Morgan fingerprint density at radius 1 is 1.33 bits per heavy atom. The molecule has 1 amide bonds. The van der Waals surface area contributed by atoms with E-state index in [1.807, 2.05) is 30.5 Å². The van der Waals surface area contributed by atoms with Gasteiger partial charge in [-0.2, -0.15) is 0 Å². The first-order valence-corrected chi connectivity index (χ1v) is 8.90. The molecule has 1 N–H and O–H groups in total. The molecule has 0 saturated carbocycles. The summed E-state index contributed by atoms with van der Waals surface area (Å²) in [6, 6.07) is 9.59. The maximum atomic E-state index is 12.1. The van der Waals surface area contributed by atoms with Gasteiger partial charge in [0.1, 0.15) is 0 Å². The topological polar surface area (TPSA) is 32.3 Å². The Morgan fingerprint density at radius 3 is 2.95 bits per heavy atom. The average Bonchev–Trinajstić information content (AvgIpc) is 2.95. The standard InChI is InChI=1S/C17H24N2OS/c1-12(2)17(20)19-9-7-13(11-19)18-15-8-10-21-16-6-4-3-5-14(15)16/h3-6,12-13,15,18H,7-11H2,1-2H3/t13-,15-/m1/s1. The van der Waals surface area contributed by atoms with Gasteiger partial charge in [-0.1, -0.05) is 32.0 Å². The van der Waals surface area contributed by atoms with Crippen molar-refractivity contribution in [3.8, 4) is 0 Å². The van der Waals surface area contributed by atoms with Crippen LogP contribution in [0.1, 0.15) is 38.3 Å². The summed E-state index contributed by atoms with van der Waals surface area (Å²) in [5.41, 5.74) is 1.43. The van der Waals surface area contributed by atoms with E-state index in [9.17, 15) is 4.79 Å². The van der Waals surface area contributed by atoms with Crippen LogP contribution in [0.4, 0.5) is 0 Å². The number of nitrogens with zero attached hydrogens (tertiary/aromatic N) is 1. The smallest absolute Gasteiger partial charge is 0.225 e. The van der Waals surface area contributed by atoms with Crippen LogP contribution in [0.2, 0.25) is 0 Å². The van der Waals surface area contributed by atoms with Crippen molar-refractivity contribution in [3.05, 3.63) is 29.8 Å². The number of thioether (sulfide) groups is 1. The van der Waals surface area contributed by atoms with Crippen molar-refractivity contribution < 1.29 is 4.79 Å². The highest BCUT2D eigenvalue weighted by Gasteiger charge is 2.30. The lowest BCUT2D eigenvalue weighted by molar-refractivity contribution is -0.133. The molecule has 0 aliphatic carbocycles. The third-order valence-corrected chi connectivity index (χ3v) is 5.51. The van der Waals surface area contributed by atoms with E-state index in [1.165, 1.54) is 22.6 Å². The van der Waals surface area contributed by atoms with Gasteiger partial charge in [0.05, 0.1) is 0 Å². The number of hydrogen-bond acceptors (Lipinski definition) is 3. The van der Waals surface area contributed by atoms with E-state index in [-0.39, 0.29) is 5.92 Å². The fourth-order valence-corrected chi connectivity index (χ4v) is 4.39. The molecule has 0 radical (unpaired) electrons. The van der Waals surface area contributed by atoms with E-state index in [4.69, 9.17) is 0 Å². The monoisotopic (exact) mass is 304 g/mol. The highest BCUT2D eigenvalue weighted by molar-refractivity contribution is 7.99. The van der Waals surface area contributed by atoms with Crippen molar-refractivity contribution in [1.29, 1.82) is 0 Å². The first-order valence-electron chi connectivity index (χ1n) is 7.91. The molecular weight excluding hydrogens is 280 g/mol. The van der Waals surface area contributed by atoms with Gasteiger partial charge in [0.2, 0.25) is 5.91 Å². The summed E-state index contributed by atoms with van der Waals surface area (Å²) < 4.78 is 0. The number of nitrogens with one attached hydrogen (secondary N) is 1. The maximum absolute atomic E-state index is 12.1. The number of hydrogen-bond donors (Lipinski definition) is 1. The van der Waals surface area contributed by atoms with Gasteiger partial charge in [-0.15, -0.1) is 11.8 Å². The zero-order valence-corrected chi connectivity index (χ0v) is 13.7. The summed E-state index contributed by atoms with van der Waals surface area (Å²) in [6.07, 6.45) is 2.25. The number of benzene rings is 1. The molecule has 4 heteroatoms. The lowest BCUT2D eigenvalue weighted by Gasteiger charge is -2.29. The summed E-state index contributed by atoms with van der Waals surface area (Å²) >= 11 is 1.96. The maximum Gasteiger partial charge on any atom is 0.225 e. The van der Waals surface area contributed by atoms with Crippen LogP contribution in [-0.2, 0) is 4.79 Å². The molecule has 2 aliphatic heterocycles. The van der Waals surface area contributed by atoms with Gasteiger partial charge in [-0.25, -0.2) is 0 Å². The van der Waals surface area contributed by atoms with E-state index >= 15 is 0 Å². The molecule has 0 bridgehead atoms. The van der Waals surface area contributed by atoms with Crippen LogP contribution >= 0.6 is 11.8 Å². The molecular formula is C17H24N2OS. The minimum atomic E-state index is 0.107. The predicted octanol–water partition coefficient (Wildman–Crippen LogP) is 3.07. The molecule has 1 aromatic carbocycles. The van der Waals surface area contributed by atoms with E-state index in [1.54, 1.807) is 0 Å². The minimum absolute atomic E-state index is 0.107. The number of carbonyl (C=O) groups is 1. The Kier molecular flexibility index (Phi) is 4.55. The lowest BCUT2D eigenvalue weighted by Crippen LogP contribution is -2.39. The molecule has 2 heterocycles. The quantitative estimate of drug-likeness (QED) is 0.931. The Labute approximate surface area is 131 Å². The highest BCUT2D eigenvalue weighted by Crippen LogP contribution is 2.36. The van der Waals surface area contributed by atoms with Crippen LogP contribution in [0, 0.1) is 5.92 Å². The van der Waals surface area contributed by atoms with Gasteiger partial charge in [-0.3, -0.25) is 4.79 Å². The zero-order valence-electron chi connectivity index (χ0n) is 12.8. The number of rotatable bonds is 3. The molecule has 2 atom stereocenters. The van der Waals surface area contributed by atoms with Gasteiger partial charge in [0, 0.05) is 36.0 Å². The lowest BCUT2D eigenvalue weighted by atomic mass is 10.0. The predicted molar refractivity (Wildman–Crippen MR) is 87.5 cm³/mol. The van der Waals surface area contributed by atoms with Crippen LogP contribution in [0.5, 0.6) is 0 Å². The first kappa shape index (κ1) is 14.9. The third-order valence-electron chi connectivity index (χ3n) is 4.39. The van der Waals surface area contributed by atoms with Crippen molar-refractivity contribution in [2.45, 2.75) is 43.7 Å². The fraction of sp³-hybridized carbons (Fsp3) is 0.588. The molecule has 0 unspecified atom stereocenters. The van der Waals surface area contributed by atoms with Crippen LogP contribution in [-0.4, -0.2) is 35.7 Å². The summed E-state index contributed by atoms with van der Waals surface area (Å²) in [6.45, 7) is 5.73. The molecule has 0 spiro atoms. The number of carbonyl (C=O) groups excluding carboxylic acids is 1. The molecule has 3 nitrogen and oxygen atoms in total. The molecule has 114 valence electrons. The van der Waals surface area contributed by atoms with Crippen LogP contribution in [0.15, 0.2) is 29.2 Å². The fourth-order valence-electron chi connectivity index (χ4n) is 3.26. The molecule has 1 saturated heterocycles. The Hall–Kier alpha value is -1.00. The third kappa shape index (κ3) is 3.27. The van der Waals surface area contributed by atoms with Gasteiger partial charge in [-0.05, 0) is 30.2 Å².